The zero-order valence-corrected chi connectivity index (χ0v) is 17.4. The van der Waals surface area contributed by atoms with Crippen molar-refractivity contribution in [2.75, 3.05) is 18.0 Å². The van der Waals surface area contributed by atoms with E-state index in [-0.39, 0.29) is 17.9 Å². The molecule has 1 amide bonds. The quantitative estimate of drug-likeness (QED) is 0.735. The molecule has 0 bridgehead atoms. The van der Waals surface area contributed by atoms with Gasteiger partial charge in [0.15, 0.2) is 0 Å². The number of anilines is 1. The predicted octanol–water partition coefficient (Wildman–Crippen LogP) is 4.64. The summed E-state index contributed by atoms with van der Waals surface area (Å²) in [5.74, 6) is 1.52. The highest BCUT2D eigenvalue weighted by atomic mass is 35.5. The first-order valence-corrected chi connectivity index (χ1v) is 10.5. The molecule has 0 spiro atoms. The van der Waals surface area contributed by atoms with Gasteiger partial charge in [-0.25, -0.2) is 4.98 Å². The molecule has 2 heterocycles. The Hall–Kier alpha value is -2.14. The second-order valence-corrected chi connectivity index (χ2v) is 8.37. The number of piperidine rings is 1. The summed E-state index contributed by atoms with van der Waals surface area (Å²) in [5, 5.41) is 4.02. The molecule has 2 unspecified atom stereocenters. The van der Waals surface area contributed by atoms with Gasteiger partial charge in [0.1, 0.15) is 5.82 Å². The fraction of sp³-hybridized carbons (Fsp3) is 0.500. The summed E-state index contributed by atoms with van der Waals surface area (Å²) in [6.45, 7) is 6.01. The van der Waals surface area contributed by atoms with Crippen LogP contribution in [0.15, 0.2) is 42.9 Å². The Kier molecular flexibility index (Phi) is 7.26. The van der Waals surface area contributed by atoms with E-state index in [1.165, 1.54) is 0 Å². The van der Waals surface area contributed by atoms with E-state index in [1.807, 2.05) is 24.3 Å². The van der Waals surface area contributed by atoms with Crippen molar-refractivity contribution in [3.8, 4) is 0 Å². The van der Waals surface area contributed by atoms with Crippen molar-refractivity contribution in [3.05, 3.63) is 53.4 Å². The molecule has 0 aliphatic carbocycles. The van der Waals surface area contributed by atoms with Crippen LogP contribution in [0.2, 0.25) is 5.02 Å². The summed E-state index contributed by atoms with van der Waals surface area (Å²) in [4.78, 5) is 23.8. The van der Waals surface area contributed by atoms with Gasteiger partial charge in [0, 0.05) is 30.5 Å². The molecule has 1 saturated heterocycles. The lowest BCUT2D eigenvalue weighted by Gasteiger charge is -2.33. The van der Waals surface area contributed by atoms with Crippen LogP contribution in [0.4, 0.5) is 5.82 Å². The predicted molar refractivity (Wildman–Crippen MR) is 113 cm³/mol. The van der Waals surface area contributed by atoms with E-state index >= 15 is 0 Å². The molecule has 28 heavy (non-hydrogen) atoms. The number of hydrogen-bond acceptors (Lipinski definition) is 4. The van der Waals surface area contributed by atoms with Crippen LogP contribution in [0.3, 0.4) is 0 Å². The molecular weight excluding hydrogens is 372 g/mol. The Bertz CT molecular complexity index is 751. The highest BCUT2D eigenvalue weighted by Crippen LogP contribution is 2.26. The van der Waals surface area contributed by atoms with Crippen LogP contribution in [0.25, 0.3) is 0 Å². The third-order valence-corrected chi connectivity index (χ3v) is 5.54. The number of benzene rings is 1. The van der Waals surface area contributed by atoms with Crippen LogP contribution in [-0.4, -0.2) is 29.0 Å². The SMILES string of the molecule is CC(C)CCC(NC(=O)C1CCCN(c2cnccn2)C1)c1ccc(Cl)cc1. The Morgan fingerprint density at radius 3 is 2.71 bits per heavy atom. The maximum Gasteiger partial charge on any atom is 0.225 e. The minimum atomic E-state index is -0.0374. The summed E-state index contributed by atoms with van der Waals surface area (Å²) in [7, 11) is 0. The Balaban J connectivity index is 1.67. The van der Waals surface area contributed by atoms with Crippen LogP contribution in [0, 0.1) is 11.8 Å². The molecule has 0 radical (unpaired) electrons. The fourth-order valence-electron chi connectivity index (χ4n) is 3.66. The van der Waals surface area contributed by atoms with Crippen LogP contribution in [0.1, 0.15) is 51.1 Å². The zero-order valence-electron chi connectivity index (χ0n) is 16.6. The second kappa shape index (κ2) is 9.87. The van der Waals surface area contributed by atoms with Crippen LogP contribution in [0.5, 0.6) is 0 Å². The Morgan fingerprint density at radius 2 is 2.04 bits per heavy atom. The summed E-state index contributed by atoms with van der Waals surface area (Å²) in [6.07, 6.45) is 8.99. The normalized spacial score (nSPS) is 18.1. The first kappa shape index (κ1) is 20.6. The number of aromatic nitrogens is 2. The van der Waals surface area contributed by atoms with E-state index in [1.54, 1.807) is 18.6 Å². The van der Waals surface area contributed by atoms with Crippen molar-refractivity contribution in [1.29, 1.82) is 0 Å². The number of hydrogen-bond donors (Lipinski definition) is 1. The third kappa shape index (κ3) is 5.68. The number of rotatable bonds is 7. The molecule has 150 valence electrons. The summed E-state index contributed by atoms with van der Waals surface area (Å²) in [5.41, 5.74) is 1.11. The number of halogens is 1. The second-order valence-electron chi connectivity index (χ2n) is 7.93. The fourth-order valence-corrected chi connectivity index (χ4v) is 3.79. The highest BCUT2D eigenvalue weighted by molar-refractivity contribution is 6.30. The monoisotopic (exact) mass is 400 g/mol. The van der Waals surface area contributed by atoms with Gasteiger partial charge in [-0.2, -0.15) is 0 Å². The summed E-state index contributed by atoms with van der Waals surface area (Å²) < 4.78 is 0. The van der Waals surface area contributed by atoms with Crippen molar-refractivity contribution in [1.82, 2.24) is 15.3 Å². The van der Waals surface area contributed by atoms with Crippen LogP contribution < -0.4 is 10.2 Å². The van der Waals surface area contributed by atoms with Gasteiger partial charge >= 0.3 is 0 Å². The lowest BCUT2D eigenvalue weighted by atomic mass is 9.94. The van der Waals surface area contributed by atoms with E-state index in [0.717, 1.165) is 43.6 Å². The molecule has 1 aromatic heterocycles. The highest BCUT2D eigenvalue weighted by Gasteiger charge is 2.28. The molecule has 1 aliphatic heterocycles. The van der Waals surface area contributed by atoms with Crippen LogP contribution >= 0.6 is 11.6 Å². The molecule has 6 heteroatoms. The maximum atomic E-state index is 13.1. The molecule has 2 aromatic rings. The van der Waals surface area contributed by atoms with Crippen molar-refractivity contribution in [3.63, 3.8) is 0 Å². The topological polar surface area (TPSA) is 58.1 Å². The standard InChI is InChI=1S/C22H29ClN4O/c1-16(2)5-10-20(17-6-8-19(23)9-7-17)26-22(28)18-4-3-13-27(15-18)21-14-24-11-12-25-21/h6-9,11-12,14,16,18,20H,3-5,10,13,15H2,1-2H3,(H,26,28). The van der Waals surface area contributed by atoms with Gasteiger partial charge in [-0.15, -0.1) is 0 Å². The van der Waals surface area contributed by atoms with Crippen molar-refractivity contribution < 1.29 is 4.79 Å². The van der Waals surface area contributed by atoms with E-state index in [0.29, 0.717) is 17.5 Å². The number of carbonyl (C=O) groups is 1. The number of nitrogens with one attached hydrogen (secondary N) is 1. The number of carbonyl (C=O) groups excluding carboxylic acids is 1. The van der Waals surface area contributed by atoms with Crippen molar-refractivity contribution in [2.24, 2.45) is 11.8 Å². The van der Waals surface area contributed by atoms with Crippen molar-refractivity contribution in [2.45, 2.75) is 45.6 Å². The molecule has 5 nitrogen and oxygen atoms in total. The largest absolute Gasteiger partial charge is 0.355 e. The smallest absolute Gasteiger partial charge is 0.225 e. The minimum Gasteiger partial charge on any atom is -0.355 e. The van der Waals surface area contributed by atoms with Gasteiger partial charge in [-0.3, -0.25) is 9.78 Å². The van der Waals surface area contributed by atoms with Crippen molar-refractivity contribution >= 4 is 23.3 Å². The van der Waals surface area contributed by atoms with E-state index in [9.17, 15) is 4.79 Å². The molecular formula is C22H29ClN4O. The molecule has 3 rings (SSSR count). The summed E-state index contributed by atoms with van der Waals surface area (Å²) in [6, 6.07) is 7.82. The number of amides is 1. The van der Waals surface area contributed by atoms with Gasteiger partial charge in [0.25, 0.3) is 0 Å². The Morgan fingerprint density at radius 1 is 1.25 bits per heavy atom. The average Bonchev–Trinajstić information content (AvgIpc) is 2.72. The van der Waals surface area contributed by atoms with Gasteiger partial charge in [-0.1, -0.05) is 37.6 Å². The molecule has 0 saturated carbocycles. The number of nitrogens with zero attached hydrogens (tertiary/aromatic N) is 3. The zero-order chi connectivity index (χ0) is 19.9. The van der Waals surface area contributed by atoms with Crippen LogP contribution in [-0.2, 0) is 4.79 Å². The van der Waals surface area contributed by atoms with Gasteiger partial charge < -0.3 is 10.2 Å². The molecule has 2 atom stereocenters. The molecule has 1 N–H and O–H groups in total. The van der Waals surface area contributed by atoms with E-state index < -0.39 is 0 Å². The third-order valence-electron chi connectivity index (χ3n) is 5.29. The molecule has 1 fully saturated rings. The molecule has 1 aromatic carbocycles. The van der Waals surface area contributed by atoms with E-state index in [4.69, 9.17) is 11.6 Å². The van der Waals surface area contributed by atoms with Gasteiger partial charge in [0.05, 0.1) is 18.2 Å². The van der Waals surface area contributed by atoms with Gasteiger partial charge in [-0.05, 0) is 49.3 Å². The Labute approximate surface area is 172 Å². The first-order chi connectivity index (χ1) is 13.5. The maximum absolute atomic E-state index is 13.1. The van der Waals surface area contributed by atoms with Gasteiger partial charge in [0.2, 0.25) is 5.91 Å². The lowest BCUT2D eigenvalue weighted by Crippen LogP contribution is -2.44. The van der Waals surface area contributed by atoms with E-state index in [2.05, 4.69) is 34.0 Å². The summed E-state index contributed by atoms with van der Waals surface area (Å²) >= 11 is 6.04. The average molecular weight is 401 g/mol. The minimum absolute atomic E-state index is 0.0130. The first-order valence-electron chi connectivity index (χ1n) is 10.1. The lowest BCUT2D eigenvalue weighted by molar-refractivity contribution is -0.126. The molecule has 1 aliphatic rings.